The molecule has 4 aliphatic rings. The van der Waals surface area contributed by atoms with Crippen LogP contribution < -0.4 is 4.74 Å². The van der Waals surface area contributed by atoms with Crippen LogP contribution in [0.1, 0.15) is 44.1 Å². The molecule has 2 aliphatic heterocycles. The monoisotopic (exact) mass is 410 g/mol. The van der Waals surface area contributed by atoms with Gasteiger partial charge in [0.25, 0.3) is 0 Å². The van der Waals surface area contributed by atoms with Crippen molar-refractivity contribution in [2.75, 3.05) is 45.9 Å². The predicted octanol–water partition coefficient (Wildman–Crippen LogP) is 4.35. The summed E-state index contributed by atoms with van der Waals surface area (Å²) < 4.78 is 12.2. The van der Waals surface area contributed by atoms with Crippen molar-refractivity contribution in [3.63, 3.8) is 0 Å². The fourth-order valence-corrected chi connectivity index (χ4v) is 5.76. The van der Waals surface area contributed by atoms with E-state index < -0.39 is 0 Å². The molecule has 30 heavy (non-hydrogen) atoms. The van der Waals surface area contributed by atoms with Gasteiger partial charge in [0.05, 0.1) is 6.61 Å². The summed E-state index contributed by atoms with van der Waals surface area (Å²) in [6.45, 7) is 9.29. The van der Waals surface area contributed by atoms with Crippen LogP contribution in [0.25, 0.3) is 0 Å². The van der Waals surface area contributed by atoms with Gasteiger partial charge in [0, 0.05) is 45.6 Å². The van der Waals surface area contributed by atoms with E-state index in [1.807, 2.05) is 0 Å². The summed E-state index contributed by atoms with van der Waals surface area (Å²) in [6.07, 6.45) is 12.3. The second-order valence-electron chi connectivity index (χ2n) is 9.85. The number of hydrogen-bond donors (Lipinski definition) is 0. The van der Waals surface area contributed by atoms with Crippen LogP contribution in [-0.4, -0.2) is 61.8 Å². The summed E-state index contributed by atoms with van der Waals surface area (Å²) in [4.78, 5) is 5.24. The number of piperidine rings is 2. The Balaban J connectivity index is 0.970. The maximum absolute atomic E-state index is 6.13. The smallest absolute Gasteiger partial charge is 0.120 e. The van der Waals surface area contributed by atoms with Gasteiger partial charge < -0.3 is 14.4 Å². The minimum atomic E-state index is 0.334. The Morgan fingerprint density at radius 2 is 1.73 bits per heavy atom. The van der Waals surface area contributed by atoms with E-state index in [1.54, 1.807) is 0 Å². The highest BCUT2D eigenvalue weighted by molar-refractivity contribution is 5.29. The van der Waals surface area contributed by atoms with Gasteiger partial charge in [-0.1, -0.05) is 30.7 Å². The minimum absolute atomic E-state index is 0.334. The van der Waals surface area contributed by atoms with Crippen LogP contribution in [0.15, 0.2) is 36.4 Å². The molecular weight excluding hydrogens is 372 g/mol. The van der Waals surface area contributed by atoms with Crippen LogP contribution in [-0.2, 0) is 11.3 Å². The number of ether oxygens (including phenoxy) is 2. The molecule has 0 amide bonds. The van der Waals surface area contributed by atoms with Crippen molar-refractivity contribution in [3.05, 3.63) is 42.0 Å². The van der Waals surface area contributed by atoms with Gasteiger partial charge in [-0.15, -0.1) is 0 Å². The average Bonchev–Trinajstić information content (AvgIpc) is 3.13. The van der Waals surface area contributed by atoms with E-state index in [1.165, 1.54) is 64.0 Å². The molecule has 5 rings (SSSR count). The van der Waals surface area contributed by atoms with Crippen LogP contribution in [0, 0.1) is 17.8 Å². The molecule has 0 unspecified atom stereocenters. The van der Waals surface area contributed by atoms with Gasteiger partial charge in [-0.3, -0.25) is 4.90 Å². The molecule has 3 atom stereocenters. The van der Waals surface area contributed by atoms with E-state index in [0.29, 0.717) is 6.10 Å². The summed E-state index contributed by atoms with van der Waals surface area (Å²) in [5.74, 6) is 3.59. The molecule has 0 bridgehead atoms. The molecule has 0 spiro atoms. The summed E-state index contributed by atoms with van der Waals surface area (Å²) in [5, 5.41) is 0. The molecular formula is C26H38N2O2. The fourth-order valence-electron chi connectivity index (χ4n) is 5.76. The number of rotatable bonds is 10. The first-order chi connectivity index (χ1) is 14.8. The topological polar surface area (TPSA) is 24.9 Å². The first-order valence-corrected chi connectivity index (χ1v) is 12.3. The molecule has 1 aromatic rings. The highest BCUT2D eigenvalue weighted by atomic mass is 16.5. The second kappa shape index (κ2) is 9.84. The van der Waals surface area contributed by atoms with E-state index in [2.05, 4.69) is 46.2 Å². The van der Waals surface area contributed by atoms with Crippen molar-refractivity contribution < 1.29 is 9.47 Å². The quantitative estimate of drug-likeness (QED) is 0.423. The highest BCUT2D eigenvalue weighted by Crippen LogP contribution is 2.52. The van der Waals surface area contributed by atoms with E-state index >= 15 is 0 Å². The van der Waals surface area contributed by atoms with Crippen molar-refractivity contribution in [1.29, 1.82) is 0 Å². The lowest BCUT2D eigenvalue weighted by atomic mass is 10.1. The summed E-state index contributed by atoms with van der Waals surface area (Å²) in [7, 11) is 0. The second-order valence-corrected chi connectivity index (χ2v) is 9.85. The standard InChI is InChI=1S/C26H38N2O2/c1-4-12-27(13-5-1)14-7-15-29-20-26-24-18-28(19-25(24)26)17-21-8-6-11-23(16-21)30-22-9-2-3-10-22/h2-3,6,8,11,16,22,24-26H,1,4-5,7,9-10,12-15,17-20H2/t24-,25+,26-. The first-order valence-electron chi connectivity index (χ1n) is 12.3. The van der Waals surface area contributed by atoms with Gasteiger partial charge in [0.15, 0.2) is 0 Å². The number of likely N-dealkylation sites (tertiary alicyclic amines) is 2. The molecule has 2 aliphatic carbocycles. The largest absolute Gasteiger partial charge is 0.490 e. The molecule has 3 fully saturated rings. The lowest BCUT2D eigenvalue weighted by Crippen LogP contribution is -2.31. The zero-order valence-corrected chi connectivity index (χ0v) is 18.4. The third-order valence-electron chi connectivity index (χ3n) is 7.54. The molecule has 1 aromatic carbocycles. The third-order valence-corrected chi connectivity index (χ3v) is 7.54. The summed E-state index contributed by atoms with van der Waals surface area (Å²) in [6, 6.07) is 8.73. The minimum Gasteiger partial charge on any atom is -0.490 e. The Hall–Kier alpha value is -1.36. The highest BCUT2D eigenvalue weighted by Gasteiger charge is 2.55. The number of benzene rings is 1. The van der Waals surface area contributed by atoms with Crippen LogP contribution in [0.3, 0.4) is 0 Å². The van der Waals surface area contributed by atoms with E-state index in [9.17, 15) is 0 Å². The predicted molar refractivity (Wildman–Crippen MR) is 121 cm³/mol. The van der Waals surface area contributed by atoms with Gasteiger partial charge in [-0.25, -0.2) is 0 Å². The Bertz CT molecular complexity index is 695. The van der Waals surface area contributed by atoms with Gasteiger partial charge in [0.1, 0.15) is 11.9 Å². The number of nitrogens with zero attached hydrogens (tertiary/aromatic N) is 2. The van der Waals surface area contributed by atoms with E-state index in [0.717, 1.165) is 56.1 Å². The molecule has 2 heterocycles. The van der Waals surface area contributed by atoms with Crippen molar-refractivity contribution in [1.82, 2.24) is 9.80 Å². The Morgan fingerprint density at radius 3 is 2.53 bits per heavy atom. The lowest BCUT2D eigenvalue weighted by molar-refractivity contribution is 0.0967. The maximum Gasteiger partial charge on any atom is 0.120 e. The van der Waals surface area contributed by atoms with E-state index in [-0.39, 0.29) is 0 Å². The SMILES string of the molecule is C1=CCC(Oc2cccc(CN3C[C@@H]4[C@H](COCCCN5CCCCC5)[C@@H]4C3)c2)C1. The van der Waals surface area contributed by atoms with Gasteiger partial charge in [-0.2, -0.15) is 0 Å². The zero-order valence-electron chi connectivity index (χ0n) is 18.4. The van der Waals surface area contributed by atoms with Gasteiger partial charge in [-0.05, 0) is 67.8 Å². The molecule has 0 aromatic heterocycles. The molecule has 1 saturated carbocycles. The maximum atomic E-state index is 6.13. The first kappa shape index (κ1) is 20.5. The van der Waals surface area contributed by atoms with E-state index in [4.69, 9.17) is 9.47 Å². The Morgan fingerprint density at radius 1 is 0.933 bits per heavy atom. The third kappa shape index (κ3) is 5.27. The Kier molecular flexibility index (Phi) is 6.74. The van der Waals surface area contributed by atoms with Crippen molar-refractivity contribution in [2.45, 2.75) is 51.2 Å². The molecule has 4 heteroatoms. The van der Waals surface area contributed by atoms with Crippen molar-refractivity contribution >= 4 is 0 Å². The normalized spacial score (nSPS) is 29.4. The molecule has 164 valence electrons. The summed E-state index contributed by atoms with van der Waals surface area (Å²) >= 11 is 0. The van der Waals surface area contributed by atoms with Crippen LogP contribution in [0.2, 0.25) is 0 Å². The van der Waals surface area contributed by atoms with Crippen LogP contribution in [0.4, 0.5) is 0 Å². The molecule has 2 saturated heterocycles. The molecule has 4 nitrogen and oxygen atoms in total. The van der Waals surface area contributed by atoms with Gasteiger partial charge >= 0.3 is 0 Å². The lowest BCUT2D eigenvalue weighted by Gasteiger charge is -2.26. The molecule has 0 radical (unpaired) electrons. The van der Waals surface area contributed by atoms with Crippen molar-refractivity contribution in [2.24, 2.45) is 17.8 Å². The number of hydrogen-bond acceptors (Lipinski definition) is 4. The van der Waals surface area contributed by atoms with Gasteiger partial charge in [0.2, 0.25) is 0 Å². The fraction of sp³-hybridized carbons (Fsp3) is 0.692. The average molecular weight is 411 g/mol. The molecule has 0 N–H and O–H groups in total. The zero-order chi connectivity index (χ0) is 20.2. The number of fused-ring (bicyclic) bond motifs is 1. The summed E-state index contributed by atoms with van der Waals surface area (Å²) in [5.41, 5.74) is 1.38. The Labute approximate surface area is 182 Å². The van der Waals surface area contributed by atoms with Crippen molar-refractivity contribution in [3.8, 4) is 5.75 Å². The van der Waals surface area contributed by atoms with Crippen LogP contribution in [0.5, 0.6) is 5.75 Å². The van der Waals surface area contributed by atoms with Crippen LogP contribution >= 0.6 is 0 Å².